The molecule has 1 aliphatic rings. The smallest absolute Gasteiger partial charge is 0.408 e. The number of ether oxygens (including phenoxy) is 2. The number of carbonyl (C=O) groups excluding carboxylic acids is 3. The summed E-state index contributed by atoms with van der Waals surface area (Å²) >= 11 is 4.34. The molecule has 9 heteroatoms. The number of benzene rings is 2. The topological polar surface area (TPSA) is 97.0 Å². The van der Waals surface area contributed by atoms with Crippen molar-refractivity contribution in [2.75, 3.05) is 18.2 Å². The van der Waals surface area contributed by atoms with Gasteiger partial charge in [-0.15, -0.1) is 0 Å². The van der Waals surface area contributed by atoms with E-state index in [1.54, 1.807) is 57.0 Å². The van der Waals surface area contributed by atoms with Gasteiger partial charge in [0.25, 0.3) is 5.91 Å². The Morgan fingerprint density at radius 1 is 1.05 bits per heavy atom. The van der Waals surface area contributed by atoms with E-state index in [9.17, 15) is 14.4 Å². The molecule has 0 spiro atoms. The molecule has 0 saturated heterocycles. The summed E-state index contributed by atoms with van der Waals surface area (Å²) < 4.78 is 10.6. The van der Waals surface area contributed by atoms with Crippen molar-refractivity contribution in [2.45, 2.75) is 70.7 Å². The third-order valence-corrected chi connectivity index (χ3v) is 6.54. The SMILES string of the molecule is COc1ccc(NC(=O)C(c2ccc(C)cc2)N(C(=O)C(CS)NC(=O)OC(C)(C)C)C2CCC2)cc1. The lowest BCUT2D eigenvalue weighted by atomic mass is 9.88. The Morgan fingerprint density at radius 3 is 2.16 bits per heavy atom. The van der Waals surface area contributed by atoms with Crippen LogP contribution in [0.3, 0.4) is 0 Å². The van der Waals surface area contributed by atoms with Crippen LogP contribution >= 0.6 is 12.6 Å². The van der Waals surface area contributed by atoms with Crippen molar-refractivity contribution in [2.24, 2.45) is 0 Å². The van der Waals surface area contributed by atoms with Crippen LogP contribution in [-0.4, -0.2) is 53.4 Å². The zero-order chi connectivity index (χ0) is 27.2. The molecule has 2 atom stereocenters. The molecule has 200 valence electrons. The number of aryl methyl sites for hydroxylation is 1. The molecule has 0 aliphatic heterocycles. The number of carbonyl (C=O) groups is 3. The highest BCUT2D eigenvalue weighted by Crippen LogP contribution is 2.34. The third kappa shape index (κ3) is 7.64. The number of rotatable bonds is 9. The van der Waals surface area contributed by atoms with E-state index in [1.807, 2.05) is 31.2 Å². The number of amides is 3. The standard InChI is InChI=1S/C28H37N3O5S/c1-18-9-11-19(12-10-18)24(25(32)29-20-13-15-22(35-5)16-14-20)31(21-7-6-8-21)26(33)23(17-37)30-27(34)36-28(2,3)4/h9-16,21,23-24,37H,6-8,17H2,1-5H3,(H,29,32)(H,30,34). The molecule has 3 rings (SSSR count). The summed E-state index contributed by atoms with van der Waals surface area (Å²) in [5.41, 5.74) is 1.60. The molecule has 2 aromatic carbocycles. The molecule has 1 saturated carbocycles. The number of anilines is 1. The molecule has 0 radical (unpaired) electrons. The van der Waals surface area contributed by atoms with E-state index in [2.05, 4.69) is 23.3 Å². The van der Waals surface area contributed by atoms with Gasteiger partial charge in [0, 0.05) is 17.5 Å². The Hall–Kier alpha value is -3.20. The quantitative estimate of drug-likeness (QED) is 0.404. The average Bonchev–Trinajstić information content (AvgIpc) is 2.81. The molecule has 2 unspecified atom stereocenters. The maximum absolute atomic E-state index is 13.9. The lowest BCUT2D eigenvalue weighted by Crippen LogP contribution is -2.57. The molecular formula is C28H37N3O5S. The summed E-state index contributed by atoms with van der Waals surface area (Å²) in [5, 5.41) is 5.60. The largest absolute Gasteiger partial charge is 0.497 e. The van der Waals surface area contributed by atoms with E-state index in [0.29, 0.717) is 17.0 Å². The summed E-state index contributed by atoms with van der Waals surface area (Å²) in [6, 6.07) is 12.6. The summed E-state index contributed by atoms with van der Waals surface area (Å²) in [6.07, 6.45) is 1.80. The van der Waals surface area contributed by atoms with Gasteiger partial charge in [-0.3, -0.25) is 9.59 Å². The van der Waals surface area contributed by atoms with Gasteiger partial charge in [-0.05, 0) is 76.8 Å². The van der Waals surface area contributed by atoms with E-state index in [0.717, 1.165) is 24.8 Å². The van der Waals surface area contributed by atoms with Crippen molar-refractivity contribution < 1.29 is 23.9 Å². The maximum Gasteiger partial charge on any atom is 0.408 e. The van der Waals surface area contributed by atoms with Gasteiger partial charge < -0.3 is 25.0 Å². The first-order valence-electron chi connectivity index (χ1n) is 12.5. The van der Waals surface area contributed by atoms with Crippen LogP contribution < -0.4 is 15.4 Å². The zero-order valence-electron chi connectivity index (χ0n) is 22.1. The van der Waals surface area contributed by atoms with Crippen LogP contribution in [0.4, 0.5) is 10.5 Å². The minimum absolute atomic E-state index is 0.0576. The first-order valence-corrected chi connectivity index (χ1v) is 13.1. The van der Waals surface area contributed by atoms with Crippen molar-refractivity contribution in [1.82, 2.24) is 10.2 Å². The van der Waals surface area contributed by atoms with Gasteiger partial charge in [0.05, 0.1) is 7.11 Å². The van der Waals surface area contributed by atoms with Crippen molar-refractivity contribution in [3.8, 4) is 5.75 Å². The zero-order valence-corrected chi connectivity index (χ0v) is 23.0. The predicted molar refractivity (Wildman–Crippen MR) is 147 cm³/mol. The van der Waals surface area contributed by atoms with Crippen LogP contribution in [0.15, 0.2) is 48.5 Å². The molecule has 37 heavy (non-hydrogen) atoms. The summed E-state index contributed by atoms with van der Waals surface area (Å²) in [7, 11) is 1.58. The minimum atomic E-state index is -0.958. The van der Waals surface area contributed by atoms with Crippen molar-refractivity contribution >= 4 is 36.2 Å². The fourth-order valence-electron chi connectivity index (χ4n) is 4.07. The highest BCUT2D eigenvalue weighted by Gasteiger charge is 2.41. The van der Waals surface area contributed by atoms with Gasteiger partial charge in [-0.25, -0.2) is 4.79 Å². The van der Waals surface area contributed by atoms with Gasteiger partial charge in [0.1, 0.15) is 23.4 Å². The molecule has 2 N–H and O–H groups in total. The Balaban J connectivity index is 1.95. The number of hydrogen-bond donors (Lipinski definition) is 3. The molecule has 0 bridgehead atoms. The van der Waals surface area contributed by atoms with Crippen LogP contribution in [-0.2, 0) is 14.3 Å². The lowest BCUT2D eigenvalue weighted by molar-refractivity contribution is -0.145. The highest BCUT2D eigenvalue weighted by molar-refractivity contribution is 7.80. The Bertz CT molecular complexity index is 1080. The number of alkyl carbamates (subject to hydrolysis) is 1. The lowest BCUT2D eigenvalue weighted by Gasteiger charge is -2.43. The third-order valence-electron chi connectivity index (χ3n) is 6.17. The van der Waals surface area contributed by atoms with E-state index in [1.165, 1.54) is 0 Å². The van der Waals surface area contributed by atoms with Crippen LogP contribution in [0.1, 0.15) is 57.2 Å². The number of nitrogens with one attached hydrogen (secondary N) is 2. The molecule has 0 aromatic heterocycles. The second-order valence-electron chi connectivity index (χ2n) is 10.2. The number of nitrogens with zero attached hydrogens (tertiary/aromatic N) is 1. The molecule has 0 heterocycles. The van der Waals surface area contributed by atoms with Crippen LogP contribution in [0.25, 0.3) is 0 Å². The Labute approximate surface area is 224 Å². The maximum atomic E-state index is 13.9. The molecule has 1 aliphatic carbocycles. The first-order chi connectivity index (χ1) is 17.5. The van der Waals surface area contributed by atoms with Crippen molar-refractivity contribution in [3.63, 3.8) is 0 Å². The Kier molecular flexibility index (Phi) is 9.48. The minimum Gasteiger partial charge on any atom is -0.497 e. The average molecular weight is 528 g/mol. The summed E-state index contributed by atoms with van der Waals surface area (Å²) in [4.78, 5) is 41.8. The fraction of sp³-hybridized carbons (Fsp3) is 0.464. The Morgan fingerprint density at radius 2 is 1.68 bits per heavy atom. The van der Waals surface area contributed by atoms with E-state index in [4.69, 9.17) is 9.47 Å². The molecule has 1 fully saturated rings. The van der Waals surface area contributed by atoms with E-state index < -0.39 is 23.8 Å². The number of thiol groups is 1. The molecule has 2 aromatic rings. The second-order valence-corrected chi connectivity index (χ2v) is 10.6. The second kappa shape index (κ2) is 12.4. The van der Waals surface area contributed by atoms with Crippen molar-refractivity contribution in [1.29, 1.82) is 0 Å². The fourth-order valence-corrected chi connectivity index (χ4v) is 4.32. The molecule has 3 amide bonds. The molecular weight excluding hydrogens is 490 g/mol. The van der Waals surface area contributed by atoms with Gasteiger partial charge in [0.2, 0.25) is 5.91 Å². The van der Waals surface area contributed by atoms with Crippen LogP contribution in [0.2, 0.25) is 0 Å². The normalized spacial score (nSPS) is 15.1. The van der Waals surface area contributed by atoms with Crippen LogP contribution in [0.5, 0.6) is 5.75 Å². The highest BCUT2D eigenvalue weighted by atomic mass is 32.1. The van der Waals surface area contributed by atoms with Gasteiger partial charge in [-0.2, -0.15) is 12.6 Å². The van der Waals surface area contributed by atoms with Gasteiger partial charge in [-0.1, -0.05) is 29.8 Å². The summed E-state index contributed by atoms with van der Waals surface area (Å²) in [5.74, 6) is 0.0109. The van der Waals surface area contributed by atoms with E-state index in [-0.39, 0.29) is 23.6 Å². The van der Waals surface area contributed by atoms with Gasteiger partial charge in [0.15, 0.2) is 0 Å². The van der Waals surface area contributed by atoms with E-state index >= 15 is 0 Å². The van der Waals surface area contributed by atoms with Gasteiger partial charge >= 0.3 is 6.09 Å². The molecule has 8 nitrogen and oxygen atoms in total. The summed E-state index contributed by atoms with van der Waals surface area (Å²) in [6.45, 7) is 7.22. The predicted octanol–water partition coefficient (Wildman–Crippen LogP) is 4.89. The van der Waals surface area contributed by atoms with Crippen molar-refractivity contribution in [3.05, 3.63) is 59.7 Å². The monoisotopic (exact) mass is 527 g/mol. The number of methoxy groups -OCH3 is 1. The number of hydrogen-bond acceptors (Lipinski definition) is 6. The first kappa shape index (κ1) is 28.4. The van der Waals surface area contributed by atoms with Crippen LogP contribution in [0, 0.1) is 6.92 Å².